The Labute approximate surface area is 70.7 Å². The first-order valence-corrected chi connectivity index (χ1v) is 4.00. The van der Waals surface area contributed by atoms with E-state index in [4.69, 9.17) is 19.9 Å². The molecular weight excluding hydrogens is 182 g/mol. The third kappa shape index (κ3) is 6.71. The molecule has 0 spiro atoms. The van der Waals surface area contributed by atoms with Gasteiger partial charge in [0.2, 0.25) is 5.95 Å². The largest absolute Gasteiger partial charge is 0.384 e. The van der Waals surface area contributed by atoms with Crippen LogP contribution in [0.15, 0.2) is 12.3 Å². The van der Waals surface area contributed by atoms with E-state index in [2.05, 4.69) is 15.1 Å². The predicted octanol–water partition coefficient (Wildman–Crippen LogP) is -1.89. The second-order valence-corrected chi connectivity index (χ2v) is 2.20. The minimum atomic E-state index is -2.62. The van der Waals surface area contributed by atoms with E-state index in [0.29, 0.717) is 5.82 Å². The van der Waals surface area contributed by atoms with Gasteiger partial charge in [-0.05, 0) is 6.07 Å². The van der Waals surface area contributed by atoms with E-state index in [0.717, 1.165) is 0 Å². The van der Waals surface area contributed by atoms with Crippen molar-refractivity contribution in [3.8, 4) is 0 Å². The van der Waals surface area contributed by atoms with E-state index in [1.165, 1.54) is 6.20 Å². The van der Waals surface area contributed by atoms with Crippen LogP contribution in [0.3, 0.4) is 0 Å². The minimum absolute atomic E-state index is 0.213. The number of nitrogens with two attached hydrogens (primary N) is 3. The second kappa shape index (κ2) is 5.27. The normalized spacial score (nSPS) is 8.83. The zero-order chi connectivity index (χ0) is 9.56. The lowest BCUT2D eigenvalue weighted by molar-refractivity contribution is 0.616. The molecule has 8 heteroatoms. The molecule has 6 N–H and O–H groups in total. The maximum absolute atomic E-state index is 8.81. The summed E-state index contributed by atoms with van der Waals surface area (Å²) in [7, 11) is -2.62. The van der Waals surface area contributed by atoms with Gasteiger partial charge < -0.3 is 11.5 Å². The van der Waals surface area contributed by atoms with Crippen molar-refractivity contribution in [2.24, 2.45) is 5.14 Å². The first-order chi connectivity index (χ1) is 5.52. The molecule has 1 aromatic heterocycles. The molecule has 0 unspecified atom stereocenters. The number of nitrogens with zero attached hydrogens (tertiary/aromatic N) is 2. The van der Waals surface area contributed by atoms with Gasteiger partial charge in [-0.1, -0.05) is 0 Å². The highest BCUT2D eigenvalue weighted by atomic mass is 32.2. The van der Waals surface area contributed by atoms with Crippen LogP contribution in [0.25, 0.3) is 0 Å². The summed E-state index contributed by atoms with van der Waals surface area (Å²) in [5.41, 5.74) is 10.4. The van der Waals surface area contributed by atoms with Crippen molar-refractivity contribution >= 4 is 22.7 Å². The molecule has 0 amide bonds. The fourth-order valence-electron chi connectivity index (χ4n) is 0.388. The fraction of sp³-hybridized carbons (Fsp3) is 0. The van der Waals surface area contributed by atoms with E-state index in [1.807, 2.05) is 0 Å². The first kappa shape index (κ1) is 10.6. The summed E-state index contributed by atoms with van der Waals surface area (Å²) < 4.78 is 17.6. The number of thiol groups is 1. The Morgan fingerprint density at radius 1 is 1.33 bits per heavy atom. The Kier molecular flexibility index (Phi) is 4.65. The molecular formula is C4H9N5O2S. The van der Waals surface area contributed by atoms with Gasteiger partial charge >= 0.3 is 0 Å². The number of rotatable bonds is 0. The van der Waals surface area contributed by atoms with Crippen molar-refractivity contribution in [1.29, 1.82) is 0 Å². The zero-order valence-electron chi connectivity index (χ0n) is 6.04. The molecule has 0 saturated carbocycles. The van der Waals surface area contributed by atoms with Gasteiger partial charge in [0.25, 0.3) is 0 Å². The second-order valence-electron chi connectivity index (χ2n) is 1.63. The Morgan fingerprint density at radius 3 is 2.08 bits per heavy atom. The van der Waals surface area contributed by atoms with Crippen LogP contribution in [0, 0.1) is 0 Å². The van der Waals surface area contributed by atoms with Crippen LogP contribution in [0.5, 0.6) is 0 Å². The van der Waals surface area contributed by atoms with Crippen molar-refractivity contribution < 1.29 is 8.42 Å². The van der Waals surface area contributed by atoms with E-state index < -0.39 is 10.9 Å². The molecule has 0 aliphatic rings. The van der Waals surface area contributed by atoms with Crippen molar-refractivity contribution in [2.45, 2.75) is 0 Å². The molecule has 0 bridgehead atoms. The van der Waals surface area contributed by atoms with Crippen molar-refractivity contribution in [3.63, 3.8) is 0 Å². The molecule has 0 saturated heterocycles. The van der Waals surface area contributed by atoms with Crippen LogP contribution in [-0.2, 0) is 10.9 Å². The molecule has 0 fully saturated rings. The summed E-state index contributed by atoms with van der Waals surface area (Å²) in [6.07, 6.45) is 1.51. The highest BCUT2D eigenvalue weighted by Gasteiger charge is 1.84. The Hall–Kier alpha value is -1.41. The number of anilines is 2. The summed E-state index contributed by atoms with van der Waals surface area (Å²) in [6.45, 7) is 0. The lowest BCUT2D eigenvalue weighted by Gasteiger charge is -1.89. The molecule has 0 aromatic carbocycles. The Balaban J connectivity index is 0.000000261. The average Bonchev–Trinajstić information content (AvgIpc) is 1.84. The first-order valence-electron chi connectivity index (χ1n) is 2.75. The molecule has 0 aliphatic carbocycles. The van der Waals surface area contributed by atoms with Crippen LogP contribution in [-0.4, -0.2) is 18.4 Å². The predicted molar refractivity (Wildman–Crippen MR) is 45.4 cm³/mol. The highest BCUT2D eigenvalue weighted by molar-refractivity contribution is 7.69. The van der Waals surface area contributed by atoms with E-state index in [1.54, 1.807) is 6.07 Å². The third-order valence-corrected chi connectivity index (χ3v) is 0.696. The summed E-state index contributed by atoms with van der Waals surface area (Å²) in [5, 5.41) is 4.06. The van der Waals surface area contributed by atoms with E-state index in [9.17, 15) is 0 Å². The molecule has 68 valence electrons. The van der Waals surface area contributed by atoms with Gasteiger partial charge in [-0.3, -0.25) is 0 Å². The van der Waals surface area contributed by atoms with Gasteiger partial charge in [0.05, 0.1) is 0 Å². The SMILES string of the molecule is N[SH](=O)=O.Nc1ccnc(N)n1. The summed E-state index contributed by atoms with van der Waals surface area (Å²) >= 11 is 0. The van der Waals surface area contributed by atoms with Gasteiger partial charge in [0.15, 0.2) is 10.9 Å². The quantitative estimate of drug-likeness (QED) is 0.354. The monoisotopic (exact) mass is 191 g/mol. The van der Waals surface area contributed by atoms with Crippen molar-refractivity contribution in [1.82, 2.24) is 9.97 Å². The Bertz CT molecular complexity index is 287. The summed E-state index contributed by atoms with van der Waals surface area (Å²) in [4.78, 5) is 7.24. The van der Waals surface area contributed by atoms with Crippen LogP contribution < -0.4 is 16.6 Å². The van der Waals surface area contributed by atoms with Crippen molar-refractivity contribution in [2.75, 3.05) is 11.5 Å². The molecule has 1 aromatic rings. The summed E-state index contributed by atoms with van der Waals surface area (Å²) in [5.74, 6) is 0.613. The molecule has 0 radical (unpaired) electrons. The number of hydrogen-bond donors (Lipinski definition) is 4. The van der Waals surface area contributed by atoms with Crippen LogP contribution in [0.1, 0.15) is 0 Å². The number of nitrogen functional groups attached to an aromatic ring is 2. The van der Waals surface area contributed by atoms with Gasteiger partial charge in [-0.25, -0.2) is 18.5 Å². The lowest BCUT2D eigenvalue weighted by Crippen LogP contribution is -1.96. The number of aromatic nitrogens is 2. The van der Waals surface area contributed by atoms with Crippen LogP contribution in [0.2, 0.25) is 0 Å². The third-order valence-electron chi connectivity index (χ3n) is 0.696. The van der Waals surface area contributed by atoms with E-state index >= 15 is 0 Å². The molecule has 7 nitrogen and oxygen atoms in total. The minimum Gasteiger partial charge on any atom is -0.384 e. The Morgan fingerprint density at radius 2 is 1.83 bits per heavy atom. The smallest absolute Gasteiger partial charge is 0.221 e. The van der Waals surface area contributed by atoms with E-state index in [-0.39, 0.29) is 5.95 Å². The number of hydrogen-bond acceptors (Lipinski definition) is 6. The van der Waals surface area contributed by atoms with Crippen molar-refractivity contribution in [3.05, 3.63) is 12.3 Å². The van der Waals surface area contributed by atoms with Crippen LogP contribution >= 0.6 is 0 Å². The van der Waals surface area contributed by atoms with Crippen LogP contribution in [0.4, 0.5) is 11.8 Å². The topological polar surface area (TPSA) is 138 Å². The standard InChI is InChI=1S/C4H6N4.H3NO2S/c5-3-1-2-7-4(6)8-3;1-4(2)3/h1-2H,(H4,5,6,7,8);4H,(H2,1,2,3). The zero-order valence-corrected chi connectivity index (χ0v) is 6.94. The molecule has 0 atom stereocenters. The van der Waals surface area contributed by atoms with Gasteiger partial charge in [0.1, 0.15) is 5.82 Å². The van der Waals surface area contributed by atoms with Gasteiger partial charge in [-0.2, -0.15) is 4.98 Å². The fourth-order valence-corrected chi connectivity index (χ4v) is 0.388. The molecule has 1 rings (SSSR count). The molecule has 1 heterocycles. The lowest BCUT2D eigenvalue weighted by atomic mass is 10.6. The molecule has 0 aliphatic heterocycles. The van der Waals surface area contributed by atoms with Gasteiger partial charge in [-0.15, -0.1) is 0 Å². The maximum Gasteiger partial charge on any atom is 0.221 e. The van der Waals surface area contributed by atoms with Gasteiger partial charge in [0, 0.05) is 6.20 Å². The molecule has 12 heavy (non-hydrogen) atoms. The average molecular weight is 191 g/mol. The summed E-state index contributed by atoms with van der Waals surface area (Å²) in [6, 6.07) is 1.58. The highest BCUT2D eigenvalue weighted by Crippen LogP contribution is 1.94. The maximum atomic E-state index is 8.81.